The predicted molar refractivity (Wildman–Crippen MR) is 70.6 cm³/mol. The number of methoxy groups -OCH3 is 1. The molecule has 0 saturated heterocycles. The Balaban J connectivity index is 2.17. The first-order valence-corrected chi connectivity index (χ1v) is 5.64. The van der Waals surface area contributed by atoms with Gasteiger partial charge in [0.1, 0.15) is 5.69 Å². The van der Waals surface area contributed by atoms with E-state index in [9.17, 15) is 14.4 Å². The number of esters is 1. The SMILES string of the molecule is COC(=O)c1cccc(NC(=O)c2c[nH]c(=O)cn2)c1. The van der Waals surface area contributed by atoms with Crippen LogP contribution >= 0.6 is 0 Å². The van der Waals surface area contributed by atoms with Gasteiger partial charge in [-0.15, -0.1) is 0 Å². The molecule has 0 aliphatic rings. The summed E-state index contributed by atoms with van der Waals surface area (Å²) in [4.78, 5) is 40.1. The second-order valence-electron chi connectivity index (χ2n) is 3.82. The number of benzene rings is 1. The van der Waals surface area contributed by atoms with Crippen LogP contribution in [-0.4, -0.2) is 29.0 Å². The van der Waals surface area contributed by atoms with Gasteiger partial charge in [-0.3, -0.25) is 9.59 Å². The number of hydrogen-bond donors (Lipinski definition) is 2. The van der Waals surface area contributed by atoms with E-state index in [-0.39, 0.29) is 5.69 Å². The van der Waals surface area contributed by atoms with Crippen molar-refractivity contribution < 1.29 is 14.3 Å². The number of carbonyl (C=O) groups excluding carboxylic acids is 2. The molecule has 2 N–H and O–H groups in total. The average Bonchev–Trinajstić information content (AvgIpc) is 2.47. The van der Waals surface area contributed by atoms with Gasteiger partial charge >= 0.3 is 5.97 Å². The predicted octanol–water partition coefficient (Wildman–Crippen LogP) is 0.809. The number of ether oxygens (including phenoxy) is 1. The summed E-state index contributed by atoms with van der Waals surface area (Å²) in [5, 5.41) is 2.57. The summed E-state index contributed by atoms with van der Waals surface area (Å²) in [5.41, 5.74) is 0.410. The average molecular weight is 273 g/mol. The molecule has 0 aliphatic heterocycles. The fraction of sp³-hybridized carbons (Fsp3) is 0.0769. The minimum Gasteiger partial charge on any atom is -0.465 e. The van der Waals surface area contributed by atoms with Crippen molar-refractivity contribution in [2.75, 3.05) is 12.4 Å². The van der Waals surface area contributed by atoms with Gasteiger partial charge in [0.05, 0.1) is 18.9 Å². The minimum absolute atomic E-state index is 0.0630. The van der Waals surface area contributed by atoms with Gasteiger partial charge < -0.3 is 15.0 Å². The Bertz CT molecular complexity index is 688. The van der Waals surface area contributed by atoms with Gasteiger partial charge in [-0.2, -0.15) is 0 Å². The number of aromatic nitrogens is 2. The van der Waals surface area contributed by atoms with E-state index in [2.05, 4.69) is 20.0 Å². The Morgan fingerprint density at radius 2 is 2.15 bits per heavy atom. The van der Waals surface area contributed by atoms with Gasteiger partial charge in [-0.05, 0) is 18.2 Å². The molecule has 1 heterocycles. The first-order chi connectivity index (χ1) is 9.60. The highest BCUT2D eigenvalue weighted by Gasteiger charge is 2.10. The van der Waals surface area contributed by atoms with Crippen molar-refractivity contribution in [3.05, 3.63) is 58.3 Å². The van der Waals surface area contributed by atoms with Crippen LogP contribution in [0.5, 0.6) is 0 Å². The fourth-order valence-electron chi connectivity index (χ4n) is 1.50. The monoisotopic (exact) mass is 273 g/mol. The van der Waals surface area contributed by atoms with Crippen molar-refractivity contribution in [1.29, 1.82) is 0 Å². The highest BCUT2D eigenvalue weighted by Crippen LogP contribution is 2.12. The molecule has 7 heteroatoms. The number of carbonyl (C=O) groups is 2. The number of H-pyrrole nitrogens is 1. The molecule has 0 atom stereocenters. The smallest absolute Gasteiger partial charge is 0.337 e. The lowest BCUT2D eigenvalue weighted by Gasteiger charge is -2.06. The largest absolute Gasteiger partial charge is 0.465 e. The van der Waals surface area contributed by atoms with E-state index in [0.717, 1.165) is 6.20 Å². The zero-order valence-corrected chi connectivity index (χ0v) is 10.5. The zero-order valence-electron chi connectivity index (χ0n) is 10.5. The van der Waals surface area contributed by atoms with E-state index in [1.165, 1.54) is 19.4 Å². The molecule has 1 aromatic heterocycles. The molecule has 1 aromatic carbocycles. The van der Waals surface area contributed by atoms with Crippen LogP contribution in [0.15, 0.2) is 41.5 Å². The van der Waals surface area contributed by atoms with Crippen molar-refractivity contribution in [2.45, 2.75) is 0 Å². The second-order valence-corrected chi connectivity index (χ2v) is 3.82. The molecule has 1 amide bonds. The Morgan fingerprint density at radius 3 is 2.80 bits per heavy atom. The van der Waals surface area contributed by atoms with Gasteiger partial charge in [0.2, 0.25) is 0 Å². The third kappa shape index (κ3) is 3.08. The van der Waals surface area contributed by atoms with Gasteiger partial charge in [-0.25, -0.2) is 9.78 Å². The molecule has 2 aromatic rings. The van der Waals surface area contributed by atoms with Crippen molar-refractivity contribution >= 4 is 17.6 Å². The molecule has 0 radical (unpaired) electrons. The van der Waals surface area contributed by atoms with E-state index in [0.29, 0.717) is 11.3 Å². The summed E-state index contributed by atoms with van der Waals surface area (Å²) >= 11 is 0. The van der Waals surface area contributed by atoms with Crippen LogP contribution in [-0.2, 0) is 4.74 Å². The minimum atomic E-state index is -0.497. The number of rotatable bonds is 3. The number of hydrogen-bond acceptors (Lipinski definition) is 5. The molecule has 2 rings (SSSR count). The maximum Gasteiger partial charge on any atom is 0.337 e. The van der Waals surface area contributed by atoms with Crippen molar-refractivity contribution in [3.63, 3.8) is 0 Å². The van der Waals surface area contributed by atoms with Crippen molar-refractivity contribution in [2.24, 2.45) is 0 Å². The lowest BCUT2D eigenvalue weighted by atomic mass is 10.2. The van der Waals surface area contributed by atoms with Crippen LogP contribution in [0.3, 0.4) is 0 Å². The van der Waals surface area contributed by atoms with E-state index >= 15 is 0 Å². The second kappa shape index (κ2) is 5.79. The Morgan fingerprint density at radius 1 is 1.35 bits per heavy atom. The zero-order chi connectivity index (χ0) is 14.5. The van der Waals surface area contributed by atoms with Crippen LogP contribution in [0.2, 0.25) is 0 Å². The molecule has 0 saturated carbocycles. The van der Waals surface area contributed by atoms with Crippen molar-refractivity contribution in [1.82, 2.24) is 9.97 Å². The molecule has 0 fully saturated rings. The summed E-state index contributed by atoms with van der Waals surface area (Å²) in [6.45, 7) is 0. The first kappa shape index (κ1) is 13.5. The fourth-order valence-corrected chi connectivity index (χ4v) is 1.50. The lowest BCUT2D eigenvalue weighted by molar-refractivity contribution is 0.0600. The standard InChI is InChI=1S/C13H11N3O4/c1-20-13(19)8-3-2-4-9(5-8)16-12(18)10-6-15-11(17)7-14-10/h2-7H,1H3,(H,15,17)(H,16,18). The molecular weight excluding hydrogens is 262 g/mol. The van der Waals surface area contributed by atoms with Gasteiger partial charge in [0.25, 0.3) is 11.5 Å². The third-order valence-corrected chi connectivity index (χ3v) is 2.45. The van der Waals surface area contributed by atoms with Gasteiger partial charge in [0, 0.05) is 11.9 Å². The molecule has 0 bridgehead atoms. The number of aromatic amines is 1. The van der Waals surface area contributed by atoms with Crippen LogP contribution in [0.1, 0.15) is 20.8 Å². The Labute approximate surface area is 113 Å². The number of nitrogens with one attached hydrogen (secondary N) is 2. The van der Waals surface area contributed by atoms with Crippen LogP contribution in [0.4, 0.5) is 5.69 Å². The normalized spacial score (nSPS) is 9.85. The van der Waals surface area contributed by atoms with Crippen LogP contribution in [0, 0.1) is 0 Å². The summed E-state index contributed by atoms with van der Waals surface area (Å²) in [6.07, 6.45) is 2.22. The van der Waals surface area contributed by atoms with Crippen LogP contribution in [0.25, 0.3) is 0 Å². The molecule has 0 unspecified atom stereocenters. The van der Waals surface area contributed by atoms with E-state index < -0.39 is 17.4 Å². The maximum atomic E-state index is 11.9. The van der Waals surface area contributed by atoms with Crippen LogP contribution < -0.4 is 10.9 Å². The Hall–Kier alpha value is -2.96. The number of amides is 1. The maximum absolute atomic E-state index is 11.9. The molecule has 0 spiro atoms. The molecule has 20 heavy (non-hydrogen) atoms. The quantitative estimate of drug-likeness (QED) is 0.806. The van der Waals surface area contributed by atoms with E-state index in [1.807, 2.05) is 0 Å². The summed E-state index contributed by atoms with van der Waals surface area (Å²) in [6, 6.07) is 6.29. The molecule has 7 nitrogen and oxygen atoms in total. The van der Waals surface area contributed by atoms with Crippen molar-refractivity contribution in [3.8, 4) is 0 Å². The first-order valence-electron chi connectivity index (χ1n) is 5.64. The topological polar surface area (TPSA) is 101 Å². The van der Waals surface area contributed by atoms with E-state index in [1.54, 1.807) is 18.2 Å². The Kier molecular flexibility index (Phi) is 3.90. The molecular formula is C13H11N3O4. The number of nitrogens with zero attached hydrogens (tertiary/aromatic N) is 1. The summed E-state index contributed by atoms with van der Waals surface area (Å²) in [7, 11) is 1.28. The third-order valence-electron chi connectivity index (χ3n) is 2.45. The molecule has 0 aliphatic carbocycles. The van der Waals surface area contributed by atoms with E-state index in [4.69, 9.17) is 0 Å². The lowest BCUT2D eigenvalue weighted by Crippen LogP contribution is -2.17. The highest BCUT2D eigenvalue weighted by atomic mass is 16.5. The highest BCUT2D eigenvalue weighted by molar-refractivity contribution is 6.03. The summed E-state index contributed by atoms with van der Waals surface area (Å²) in [5.74, 6) is -0.994. The summed E-state index contributed by atoms with van der Waals surface area (Å²) < 4.78 is 4.59. The van der Waals surface area contributed by atoms with Gasteiger partial charge in [-0.1, -0.05) is 6.07 Å². The molecule has 102 valence electrons. The number of anilines is 1. The van der Waals surface area contributed by atoms with Gasteiger partial charge in [0.15, 0.2) is 0 Å².